The van der Waals surface area contributed by atoms with E-state index in [1.807, 2.05) is 0 Å². The predicted molar refractivity (Wildman–Crippen MR) is 76.7 cm³/mol. The van der Waals surface area contributed by atoms with Gasteiger partial charge in [-0.05, 0) is 32.4 Å². The number of carboxylic acid groups (broad SMARTS) is 1. The minimum Gasteiger partial charge on any atom is -0.481 e. The van der Waals surface area contributed by atoms with Crippen molar-refractivity contribution in [2.45, 2.75) is 26.2 Å². The lowest BCUT2D eigenvalue weighted by molar-refractivity contribution is -0.146. The Morgan fingerprint density at radius 2 is 2.14 bits per heavy atom. The fourth-order valence-electron chi connectivity index (χ4n) is 2.18. The van der Waals surface area contributed by atoms with Gasteiger partial charge in [-0.2, -0.15) is 0 Å². The van der Waals surface area contributed by atoms with Crippen LogP contribution in [-0.2, 0) is 9.59 Å². The first-order valence-corrected chi connectivity index (χ1v) is 7.07. The Kier molecular flexibility index (Phi) is 4.23. The van der Waals surface area contributed by atoms with Crippen LogP contribution in [0.4, 0.5) is 4.39 Å². The molecular weight excluding hydrogens is 297 g/mol. The predicted octanol–water partition coefficient (Wildman–Crippen LogP) is 2.81. The van der Waals surface area contributed by atoms with Gasteiger partial charge in [-0.15, -0.1) is 0 Å². The van der Waals surface area contributed by atoms with Crippen LogP contribution in [0.3, 0.4) is 0 Å². The normalized spacial score (nSPS) is 21.0. The van der Waals surface area contributed by atoms with Gasteiger partial charge in [0.05, 0.1) is 5.41 Å². The molecule has 1 fully saturated rings. The second-order valence-corrected chi connectivity index (χ2v) is 6.40. The van der Waals surface area contributed by atoms with Gasteiger partial charge in [-0.25, -0.2) is 4.39 Å². The van der Waals surface area contributed by atoms with Gasteiger partial charge >= 0.3 is 5.97 Å². The van der Waals surface area contributed by atoms with Crippen molar-refractivity contribution < 1.29 is 19.1 Å². The van der Waals surface area contributed by atoms with Crippen molar-refractivity contribution in [3.63, 3.8) is 0 Å². The highest BCUT2D eigenvalue weighted by Gasteiger charge is 2.46. The van der Waals surface area contributed by atoms with E-state index in [1.165, 1.54) is 26.0 Å². The van der Waals surface area contributed by atoms with E-state index in [0.29, 0.717) is 17.0 Å². The van der Waals surface area contributed by atoms with Crippen LogP contribution in [0.25, 0.3) is 0 Å². The summed E-state index contributed by atoms with van der Waals surface area (Å²) in [4.78, 5) is 23.0. The van der Waals surface area contributed by atoms with E-state index in [9.17, 15) is 14.0 Å². The highest BCUT2D eigenvalue weighted by atomic mass is 35.5. The number of carbonyl (C=O) groups is 2. The number of hydrogen-bond acceptors (Lipinski definition) is 2. The van der Waals surface area contributed by atoms with Crippen molar-refractivity contribution in [2.24, 2.45) is 11.3 Å². The zero-order chi connectivity index (χ0) is 15.8. The molecule has 1 aliphatic rings. The van der Waals surface area contributed by atoms with Crippen molar-refractivity contribution in [1.82, 2.24) is 5.32 Å². The van der Waals surface area contributed by atoms with E-state index in [4.69, 9.17) is 16.7 Å². The van der Waals surface area contributed by atoms with Crippen LogP contribution in [-0.4, -0.2) is 23.5 Å². The van der Waals surface area contributed by atoms with E-state index in [0.717, 1.165) is 0 Å². The summed E-state index contributed by atoms with van der Waals surface area (Å²) in [6, 6.07) is 4.44. The van der Waals surface area contributed by atoms with Crippen LogP contribution in [0.1, 0.15) is 31.7 Å². The van der Waals surface area contributed by atoms with Crippen LogP contribution >= 0.6 is 11.6 Å². The first-order chi connectivity index (χ1) is 9.74. The molecule has 0 unspecified atom stereocenters. The van der Waals surface area contributed by atoms with E-state index < -0.39 is 17.2 Å². The summed E-state index contributed by atoms with van der Waals surface area (Å²) >= 11 is 5.98. The summed E-state index contributed by atoms with van der Waals surface area (Å²) in [5.74, 6) is -2.22. The fourth-order valence-corrected chi connectivity index (χ4v) is 2.49. The van der Waals surface area contributed by atoms with Gasteiger partial charge in [0.15, 0.2) is 0 Å². The highest BCUT2D eigenvalue weighted by molar-refractivity contribution is 6.31. The van der Waals surface area contributed by atoms with Gasteiger partial charge in [-0.3, -0.25) is 9.59 Å². The van der Waals surface area contributed by atoms with Crippen molar-refractivity contribution in [3.05, 3.63) is 34.6 Å². The minimum absolute atomic E-state index is 0.0371. The zero-order valence-corrected chi connectivity index (χ0v) is 12.6. The summed E-state index contributed by atoms with van der Waals surface area (Å²) in [7, 11) is 0. The Hall–Kier alpha value is -1.62. The Balaban J connectivity index is 1.97. The molecule has 1 amide bonds. The van der Waals surface area contributed by atoms with Crippen LogP contribution in [0, 0.1) is 17.2 Å². The number of carbonyl (C=O) groups excluding carboxylic acids is 1. The van der Waals surface area contributed by atoms with Gasteiger partial charge in [0.2, 0.25) is 5.91 Å². The quantitative estimate of drug-likeness (QED) is 0.878. The maximum atomic E-state index is 13.8. The van der Waals surface area contributed by atoms with Crippen LogP contribution < -0.4 is 5.32 Å². The number of amides is 1. The smallest absolute Gasteiger partial charge is 0.310 e. The average molecular weight is 314 g/mol. The van der Waals surface area contributed by atoms with Crippen LogP contribution in [0.2, 0.25) is 5.02 Å². The Morgan fingerprint density at radius 3 is 2.71 bits per heavy atom. The summed E-state index contributed by atoms with van der Waals surface area (Å²) in [5, 5.41) is 11.9. The molecule has 0 heterocycles. The number of nitrogens with one attached hydrogen (secondary N) is 1. The number of halogens is 2. The monoisotopic (exact) mass is 313 g/mol. The molecule has 1 aromatic carbocycles. The first-order valence-electron chi connectivity index (χ1n) is 6.69. The van der Waals surface area contributed by atoms with Gasteiger partial charge in [-0.1, -0.05) is 17.7 Å². The number of aliphatic carboxylic acids is 1. The molecule has 0 radical (unpaired) electrons. The number of benzene rings is 1. The van der Waals surface area contributed by atoms with E-state index in [2.05, 4.69) is 5.32 Å². The third-order valence-electron chi connectivity index (χ3n) is 3.78. The zero-order valence-electron chi connectivity index (χ0n) is 11.8. The van der Waals surface area contributed by atoms with Crippen LogP contribution in [0.15, 0.2) is 18.2 Å². The molecule has 21 heavy (non-hydrogen) atoms. The molecule has 1 saturated carbocycles. The lowest BCUT2D eigenvalue weighted by atomic mass is 9.94. The molecule has 1 aromatic rings. The summed E-state index contributed by atoms with van der Waals surface area (Å²) in [6.07, 6.45) is 0.528. The number of hydrogen-bond donors (Lipinski definition) is 2. The topological polar surface area (TPSA) is 66.4 Å². The molecule has 2 N–H and O–H groups in total. The minimum atomic E-state index is -1.03. The van der Waals surface area contributed by atoms with Gasteiger partial charge in [0.1, 0.15) is 5.82 Å². The average Bonchev–Trinajstić information content (AvgIpc) is 3.16. The second kappa shape index (κ2) is 5.64. The lowest BCUT2D eigenvalue weighted by Crippen LogP contribution is -2.39. The maximum Gasteiger partial charge on any atom is 0.310 e. The third kappa shape index (κ3) is 3.35. The molecule has 0 spiro atoms. The lowest BCUT2D eigenvalue weighted by Gasteiger charge is -2.19. The molecule has 0 aliphatic heterocycles. The second-order valence-electron chi connectivity index (χ2n) is 5.99. The summed E-state index contributed by atoms with van der Waals surface area (Å²) < 4.78 is 13.8. The van der Waals surface area contributed by atoms with Crippen molar-refractivity contribution in [2.75, 3.05) is 6.54 Å². The molecular formula is C15H17ClFNO3. The molecule has 0 bridgehead atoms. The molecule has 0 saturated heterocycles. The van der Waals surface area contributed by atoms with Crippen molar-refractivity contribution in [1.29, 1.82) is 0 Å². The Bertz CT molecular complexity index is 568. The number of carboxylic acids is 1. The first kappa shape index (κ1) is 15.8. The molecule has 6 heteroatoms. The number of rotatable bonds is 5. The van der Waals surface area contributed by atoms with Gasteiger partial charge < -0.3 is 10.4 Å². The Labute approximate surface area is 127 Å². The molecule has 2 rings (SSSR count). The maximum absolute atomic E-state index is 13.8. The van der Waals surface area contributed by atoms with E-state index >= 15 is 0 Å². The molecule has 4 nitrogen and oxygen atoms in total. The fraction of sp³-hybridized carbons (Fsp3) is 0.467. The van der Waals surface area contributed by atoms with Crippen LogP contribution in [0.5, 0.6) is 0 Å². The van der Waals surface area contributed by atoms with Gasteiger partial charge in [0.25, 0.3) is 0 Å². The largest absolute Gasteiger partial charge is 0.481 e. The van der Waals surface area contributed by atoms with E-state index in [1.54, 1.807) is 6.07 Å². The molecule has 0 aromatic heterocycles. The van der Waals surface area contributed by atoms with Crippen molar-refractivity contribution >= 4 is 23.5 Å². The standard InChI is InChI=1S/C15H17ClFNO3/c1-15(2,14(20)21)7-18-13(19)9-6-8(9)12-10(16)4-3-5-11(12)17/h3-5,8-9H,6-7H2,1-2H3,(H,18,19)(H,20,21)/t8-,9+/m1/s1. The highest BCUT2D eigenvalue weighted by Crippen LogP contribution is 2.50. The molecule has 1 aliphatic carbocycles. The molecule has 2 atom stereocenters. The SMILES string of the molecule is CC(C)(CNC(=O)[C@H]1C[C@H]1c1c(F)cccc1Cl)C(=O)O. The van der Waals surface area contributed by atoms with Gasteiger partial charge in [0, 0.05) is 29.0 Å². The molecule has 114 valence electrons. The summed E-state index contributed by atoms with van der Waals surface area (Å²) in [6.45, 7) is 3.11. The Morgan fingerprint density at radius 1 is 1.48 bits per heavy atom. The van der Waals surface area contributed by atoms with Crippen molar-refractivity contribution in [3.8, 4) is 0 Å². The third-order valence-corrected chi connectivity index (χ3v) is 4.11. The summed E-state index contributed by atoms with van der Waals surface area (Å²) in [5.41, 5.74) is -0.660. The van der Waals surface area contributed by atoms with E-state index in [-0.39, 0.29) is 24.3 Å².